The van der Waals surface area contributed by atoms with Crippen LogP contribution in [-0.2, 0) is 13.0 Å². The standard InChI is InChI=1S/C15H27N3S/c1-4-6-15-17-14(11-19-15)10-18(12(2)3)9-13-7-5-8-16-13/h11-13,16H,4-10H2,1-3H3. The van der Waals surface area contributed by atoms with E-state index < -0.39 is 0 Å². The highest BCUT2D eigenvalue weighted by molar-refractivity contribution is 7.09. The van der Waals surface area contributed by atoms with Crippen LogP contribution in [0.1, 0.15) is 50.7 Å². The summed E-state index contributed by atoms with van der Waals surface area (Å²) >= 11 is 1.82. The fourth-order valence-electron chi connectivity index (χ4n) is 2.61. The molecule has 3 nitrogen and oxygen atoms in total. The topological polar surface area (TPSA) is 28.2 Å². The highest BCUT2D eigenvalue weighted by Crippen LogP contribution is 2.16. The Balaban J connectivity index is 1.90. The molecule has 0 bridgehead atoms. The number of hydrogen-bond acceptors (Lipinski definition) is 4. The van der Waals surface area contributed by atoms with Gasteiger partial charge in [-0.2, -0.15) is 0 Å². The van der Waals surface area contributed by atoms with Gasteiger partial charge in [-0.15, -0.1) is 11.3 Å². The Morgan fingerprint density at radius 3 is 3.00 bits per heavy atom. The van der Waals surface area contributed by atoms with E-state index in [0.717, 1.165) is 19.5 Å². The third-order valence-electron chi connectivity index (χ3n) is 3.78. The molecule has 2 heterocycles. The van der Waals surface area contributed by atoms with E-state index in [1.807, 2.05) is 11.3 Å². The van der Waals surface area contributed by atoms with Crippen LogP contribution < -0.4 is 5.32 Å². The van der Waals surface area contributed by atoms with Crippen molar-refractivity contribution in [2.75, 3.05) is 13.1 Å². The van der Waals surface area contributed by atoms with E-state index in [-0.39, 0.29) is 0 Å². The summed E-state index contributed by atoms with van der Waals surface area (Å²) in [5.74, 6) is 0. The molecular formula is C15H27N3S. The Kier molecular flexibility index (Phi) is 5.79. The van der Waals surface area contributed by atoms with Gasteiger partial charge in [0, 0.05) is 30.6 Å². The van der Waals surface area contributed by atoms with E-state index in [4.69, 9.17) is 4.98 Å². The van der Waals surface area contributed by atoms with E-state index >= 15 is 0 Å². The van der Waals surface area contributed by atoms with Crippen molar-refractivity contribution in [3.63, 3.8) is 0 Å². The maximum Gasteiger partial charge on any atom is 0.0928 e. The average Bonchev–Trinajstić information content (AvgIpc) is 3.01. The second-order valence-electron chi connectivity index (χ2n) is 5.80. The fraction of sp³-hybridized carbons (Fsp3) is 0.800. The third kappa shape index (κ3) is 4.55. The lowest BCUT2D eigenvalue weighted by Crippen LogP contribution is -2.40. The van der Waals surface area contributed by atoms with Crippen LogP contribution in [0.4, 0.5) is 0 Å². The third-order valence-corrected chi connectivity index (χ3v) is 4.73. The van der Waals surface area contributed by atoms with Crippen LogP contribution in [0.25, 0.3) is 0 Å². The van der Waals surface area contributed by atoms with Crippen LogP contribution in [0, 0.1) is 0 Å². The van der Waals surface area contributed by atoms with Crippen molar-refractivity contribution in [2.45, 2.75) is 65.1 Å². The molecule has 0 saturated carbocycles. The van der Waals surface area contributed by atoms with Crippen molar-refractivity contribution in [3.05, 3.63) is 16.1 Å². The molecule has 1 atom stereocenters. The first kappa shape index (κ1) is 14.9. The minimum Gasteiger partial charge on any atom is -0.313 e. The first-order valence-corrected chi connectivity index (χ1v) is 8.47. The SMILES string of the molecule is CCCc1nc(CN(CC2CCCN2)C(C)C)cs1. The van der Waals surface area contributed by atoms with E-state index in [0.29, 0.717) is 12.1 Å². The van der Waals surface area contributed by atoms with Crippen LogP contribution in [0.5, 0.6) is 0 Å². The Bertz CT molecular complexity index is 369. The monoisotopic (exact) mass is 281 g/mol. The van der Waals surface area contributed by atoms with Crippen molar-refractivity contribution in [1.29, 1.82) is 0 Å². The number of aromatic nitrogens is 1. The summed E-state index contributed by atoms with van der Waals surface area (Å²) in [6, 6.07) is 1.26. The van der Waals surface area contributed by atoms with Gasteiger partial charge in [0.1, 0.15) is 0 Å². The summed E-state index contributed by atoms with van der Waals surface area (Å²) in [6.45, 7) is 10.1. The van der Waals surface area contributed by atoms with Crippen LogP contribution in [0.2, 0.25) is 0 Å². The first-order chi connectivity index (χ1) is 9.19. The number of rotatable bonds is 7. The molecule has 0 amide bonds. The molecule has 1 fully saturated rings. The molecule has 0 aromatic carbocycles. The zero-order valence-corrected chi connectivity index (χ0v) is 13.3. The Morgan fingerprint density at radius 2 is 2.37 bits per heavy atom. The number of hydrogen-bond donors (Lipinski definition) is 1. The summed E-state index contributed by atoms with van der Waals surface area (Å²) in [6.07, 6.45) is 4.96. The zero-order chi connectivity index (χ0) is 13.7. The van der Waals surface area contributed by atoms with E-state index in [1.54, 1.807) is 0 Å². The molecule has 1 saturated heterocycles. The maximum absolute atomic E-state index is 4.75. The summed E-state index contributed by atoms with van der Waals surface area (Å²) in [5, 5.41) is 7.12. The van der Waals surface area contributed by atoms with Crippen molar-refractivity contribution < 1.29 is 0 Å². The Morgan fingerprint density at radius 1 is 1.53 bits per heavy atom. The van der Waals surface area contributed by atoms with Gasteiger partial charge in [0.25, 0.3) is 0 Å². The Hall–Kier alpha value is -0.450. The largest absolute Gasteiger partial charge is 0.313 e. The fourth-order valence-corrected chi connectivity index (χ4v) is 3.50. The maximum atomic E-state index is 4.75. The predicted octanol–water partition coefficient (Wildman–Crippen LogP) is 3.06. The van der Waals surface area contributed by atoms with Crippen molar-refractivity contribution in [2.24, 2.45) is 0 Å². The minimum atomic E-state index is 0.582. The van der Waals surface area contributed by atoms with Crippen molar-refractivity contribution in [3.8, 4) is 0 Å². The number of nitrogens with one attached hydrogen (secondary N) is 1. The van der Waals surface area contributed by atoms with Gasteiger partial charge in [-0.1, -0.05) is 6.92 Å². The summed E-state index contributed by atoms with van der Waals surface area (Å²) in [4.78, 5) is 7.30. The smallest absolute Gasteiger partial charge is 0.0928 e. The van der Waals surface area contributed by atoms with Crippen LogP contribution in [0.15, 0.2) is 5.38 Å². The minimum absolute atomic E-state index is 0.582. The Labute approximate surface area is 121 Å². The lowest BCUT2D eigenvalue weighted by atomic mass is 10.2. The molecule has 2 rings (SSSR count). The molecule has 1 aromatic rings. The summed E-state index contributed by atoms with van der Waals surface area (Å²) in [7, 11) is 0. The molecule has 19 heavy (non-hydrogen) atoms. The van der Waals surface area contributed by atoms with Gasteiger partial charge >= 0.3 is 0 Å². The molecule has 1 N–H and O–H groups in total. The number of nitrogens with zero attached hydrogens (tertiary/aromatic N) is 2. The zero-order valence-electron chi connectivity index (χ0n) is 12.5. The van der Waals surface area contributed by atoms with Crippen LogP contribution in [-0.4, -0.2) is 35.1 Å². The molecule has 4 heteroatoms. The number of thiazole rings is 1. The molecule has 0 spiro atoms. The van der Waals surface area contributed by atoms with Gasteiger partial charge in [-0.05, 0) is 46.1 Å². The van der Waals surface area contributed by atoms with E-state index in [2.05, 4.69) is 36.4 Å². The lowest BCUT2D eigenvalue weighted by Gasteiger charge is -2.28. The van der Waals surface area contributed by atoms with Crippen molar-refractivity contribution >= 4 is 11.3 Å². The van der Waals surface area contributed by atoms with Crippen LogP contribution >= 0.6 is 11.3 Å². The normalized spacial score (nSPS) is 19.7. The summed E-state index contributed by atoms with van der Waals surface area (Å²) < 4.78 is 0. The van der Waals surface area contributed by atoms with E-state index in [1.165, 1.54) is 36.5 Å². The first-order valence-electron chi connectivity index (χ1n) is 7.59. The second-order valence-corrected chi connectivity index (χ2v) is 6.74. The second kappa shape index (κ2) is 7.36. The summed E-state index contributed by atoms with van der Waals surface area (Å²) in [5.41, 5.74) is 1.25. The molecule has 1 aliphatic heterocycles. The molecule has 0 radical (unpaired) electrons. The molecule has 1 aliphatic rings. The lowest BCUT2D eigenvalue weighted by molar-refractivity contribution is 0.192. The van der Waals surface area contributed by atoms with Gasteiger partial charge in [0.2, 0.25) is 0 Å². The molecule has 1 aromatic heterocycles. The van der Waals surface area contributed by atoms with Crippen molar-refractivity contribution in [1.82, 2.24) is 15.2 Å². The quantitative estimate of drug-likeness (QED) is 0.832. The van der Waals surface area contributed by atoms with Gasteiger partial charge in [-0.3, -0.25) is 4.90 Å². The van der Waals surface area contributed by atoms with Crippen LogP contribution in [0.3, 0.4) is 0 Å². The average molecular weight is 281 g/mol. The van der Waals surface area contributed by atoms with Gasteiger partial charge < -0.3 is 5.32 Å². The molecular weight excluding hydrogens is 254 g/mol. The van der Waals surface area contributed by atoms with Gasteiger partial charge in [0.05, 0.1) is 10.7 Å². The highest BCUT2D eigenvalue weighted by Gasteiger charge is 2.20. The highest BCUT2D eigenvalue weighted by atomic mass is 32.1. The number of aryl methyl sites for hydroxylation is 1. The van der Waals surface area contributed by atoms with E-state index in [9.17, 15) is 0 Å². The molecule has 0 aliphatic carbocycles. The predicted molar refractivity (Wildman–Crippen MR) is 82.7 cm³/mol. The van der Waals surface area contributed by atoms with Gasteiger partial charge in [0.15, 0.2) is 0 Å². The molecule has 1 unspecified atom stereocenters. The molecule has 108 valence electrons. The van der Waals surface area contributed by atoms with Gasteiger partial charge in [-0.25, -0.2) is 4.98 Å².